The molecular weight excluding hydrogens is 386 g/mol. The van der Waals surface area contributed by atoms with Gasteiger partial charge in [-0.15, -0.1) is 0 Å². The quantitative estimate of drug-likeness (QED) is 0.315. The number of nitrogens with zero attached hydrogens (tertiary/aromatic N) is 2. The maximum absolute atomic E-state index is 5.93. The molecule has 8 heteroatoms. The van der Waals surface area contributed by atoms with Crippen LogP contribution in [0.5, 0.6) is 17.2 Å². The van der Waals surface area contributed by atoms with Crippen LogP contribution in [0.25, 0.3) is 0 Å². The van der Waals surface area contributed by atoms with Crippen LogP contribution < -0.4 is 19.5 Å². The lowest BCUT2D eigenvalue weighted by Crippen LogP contribution is -2.47. The van der Waals surface area contributed by atoms with Gasteiger partial charge in [-0.2, -0.15) is 0 Å². The van der Waals surface area contributed by atoms with Gasteiger partial charge in [-0.1, -0.05) is 0 Å². The number of piperidine rings is 1. The molecular formula is C22H37N3O5. The zero-order chi connectivity index (χ0) is 21.6. The Balaban J connectivity index is 1.64. The van der Waals surface area contributed by atoms with Crippen LogP contribution in [0.15, 0.2) is 23.2 Å². The minimum Gasteiger partial charge on any atom is -0.496 e. The first kappa shape index (κ1) is 24.1. The van der Waals surface area contributed by atoms with E-state index in [1.54, 1.807) is 21.3 Å². The molecule has 30 heavy (non-hydrogen) atoms. The van der Waals surface area contributed by atoms with E-state index in [0.717, 1.165) is 70.2 Å². The predicted molar refractivity (Wildman–Crippen MR) is 118 cm³/mol. The summed E-state index contributed by atoms with van der Waals surface area (Å²) in [6.45, 7) is 4.82. The second kappa shape index (κ2) is 13.9. The number of guanidine groups is 1. The molecule has 1 saturated heterocycles. The fourth-order valence-corrected chi connectivity index (χ4v) is 3.35. The molecule has 8 nitrogen and oxygen atoms in total. The number of aliphatic imine (C=N–C) groups is 1. The standard InChI is InChI=1S/C22H37N3O5/c1-23-22(25-10-7-18(8-11-25)29-14-6-12-26-2)24-9-5-13-30-21-16-19(27-3)15-20(17-21)28-4/h15-18H,5-14H2,1-4H3,(H,23,24). The fraction of sp³-hybridized carbons (Fsp3) is 0.682. The summed E-state index contributed by atoms with van der Waals surface area (Å²) in [5.74, 6) is 3.11. The van der Waals surface area contributed by atoms with Gasteiger partial charge in [0.25, 0.3) is 0 Å². The molecule has 0 amide bonds. The lowest BCUT2D eigenvalue weighted by atomic mass is 10.1. The third-order valence-electron chi connectivity index (χ3n) is 5.00. The Hall–Kier alpha value is -2.19. The Morgan fingerprint density at radius 1 is 0.967 bits per heavy atom. The molecule has 1 aromatic rings. The van der Waals surface area contributed by atoms with Crippen molar-refractivity contribution in [1.82, 2.24) is 10.2 Å². The van der Waals surface area contributed by atoms with E-state index in [1.165, 1.54) is 0 Å². The lowest BCUT2D eigenvalue weighted by molar-refractivity contribution is 0.00991. The fourth-order valence-electron chi connectivity index (χ4n) is 3.35. The summed E-state index contributed by atoms with van der Waals surface area (Å²) in [6.07, 6.45) is 4.19. The van der Waals surface area contributed by atoms with Gasteiger partial charge in [0.2, 0.25) is 0 Å². The summed E-state index contributed by atoms with van der Waals surface area (Å²) in [4.78, 5) is 6.72. The molecule has 1 N–H and O–H groups in total. The highest BCUT2D eigenvalue weighted by molar-refractivity contribution is 5.79. The van der Waals surface area contributed by atoms with Gasteiger partial charge < -0.3 is 33.9 Å². The molecule has 0 radical (unpaired) electrons. The molecule has 2 rings (SSSR count). The highest BCUT2D eigenvalue weighted by Crippen LogP contribution is 2.27. The van der Waals surface area contributed by atoms with Crippen molar-refractivity contribution in [1.29, 1.82) is 0 Å². The normalized spacial score (nSPS) is 15.2. The van der Waals surface area contributed by atoms with Crippen LogP contribution >= 0.6 is 0 Å². The first-order valence-corrected chi connectivity index (χ1v) is 10.6. The van der Waals surface area contributed by atoms with Crippen molar-refractivity contribution in [2.45, 2.75) is 31.8 Å². The van der Waals surface area contributed by atoms with Crippen molar-refractivity contribution < 1.29 is 23.7 Å². The summed E-state index contributed by atoms with van der Waals surface area (Å²) in [5, 5.41) is 3.43. The first-order valence-electron chi connectivity index (χ1n) is 10.6. The van der Waals surface area contributed by atoms with Crippen molar-refractivity contribution in [2.75, 3.05) is 67.8 Å². The maximum Gasteiger partial charge on any atom is 0.193 e. The number of rotatable bonds is 12. The van der Waals surface area contributed by atoms with Gasteiger partial charge in [-0.3, -0.25) is 4.99 Å². The van der Waals surface area contributed by atoms with Crippen LogP contribution in [-0.4, -0.2) is 84.8 Å². The molecule has 0 bridgehead atoms. The molecule has 170 valence electrons. The molecule has 1 aliphatic rings. The Kier molecular flexibility index (Phi) is 11.2. The molecule has 0 aromatic heterocycles. The Morgan fingerprint density at radius 2 is 1.63 bits per heavy atom. The number of nitrogens with one attached hydrogen (secondary N) is 1. The summed E-state index contributed by atoms with van der Waals surface area (Å²) in [6, 6.07) is 5.54. The van der Waals surface area contributed by atoms with Crippen molar-refractivity contribution in [3.8, 4) is 17.2 Å². The Bertz CT molecular complexity index is 611. The van der Waals surface area contributed by atoms with Crippen LogP contribution in [-0.2, 0) is 9.47 Å². The second-order valence-electron chi connectivity index (χ2n) is 7.13. The average Bonchev–Trinajstić information content (AvgIpc) is 2.79. The van der Waals surface area contributed by atoms with E-state index in [4.69, 9.17) is 23.7 Å². The first-order chi connectivity index (χ1) is 14.7. The van der Waals surface area contributed by atoms with Crippen LogP contribution in [0.2, 0.25) is 0 Å². The molecule has 1 heterocycles. The minimum absolute atomic E-state index is 0.337. The monoisotopic (exact) mass is 423 g/mol. The van der Waals surface area contributed by atoms with E-state index >= 15 is 0 Å². The zero-order valence-corrected chi connectivity index (χ0v) is 18.8. The third kappa shape index (κ3) is 8.28. The van der Waals surface area contributed by atoms with Crippen LogP contribution in [0.3, 0.4) is 0 Å². The number of benzene rings is 1. The summed E-state index contributed by atoms with van der Waals surface area (Å²) < 4.78 is 27.4. The smallest absolute Gasteiger partial charge is 0.193 e. The molecule has 1 aliphatic heterocycles. The van der Waals surface area contributed by atoms with Gasteiger partial charge in [-0.05, 0) is 25.7 Å². The lowest BCUT2D eigenvalue weighted by Gasteiger charge is -2.34. The van der Waals surface area contributed by atoms with Gasteiger partial charge in [0.15, 0.2) is 5.96 Å². The van der Waals surface area contributed by atoms with Crippen LogP contribution in [0.1, 0.15) is 25.7 Å². The average molecular weight is 424 g/mol. The minimum atomic E-state index is 0.337. The molecule has 0 spiro atoms. The molecule has 1 fully saturated rings. The number of ether oxygens (including phenoxy) is 5. The maximum atomic E-state index is 5.93. The van der Waals surface area contributed by atoms with Gasteiger partial charge in [0.1, 0.15) is 17.2 Å². The van der Waals surface area contributed by atoms with Gasteiger partial charge >= 0.3 is 0 Å². The largest absolute Gasteiger partial charge is 0.496 e. The summed E-state index contributed by atoms with van der Waals surface area (Å²) in [5.41, 5.74) is 0. The van der Waals surface area contributed by atoms with Crippen molar-refractivity contribution in [3.63, 3.8) is 0 Å². The van der Waals surface area contributed by atoms with E-state index in [1.807, 2.05) is 25.2 Å². The van der Waals surface area contributed by atoms with Gasteiger partial charge in [-0.25, -0.2) is 0 Å². The van der Waals surface area contributed by atoms with Crippen LogP contribution in [0.4, 0.5) is 0 Å². The van der Waals surface area contributed by atoms with E-state index in [2.05, 4.69) is 15.2 Å². The van der Waals surface area contributed by atoms with Gasteiger partial charge in [0, 0.05) is 65.2 Å². The predicted octanol–water partition coefficient (Wildman–Crippen LogP) is 2.57. The van der Waals surface area contributed by atoms with E-state index in [0.29, 0.717) is 24.2 Å². The topological polar surface area (TPSA) is 73.8 Å². The van der Waals surface area contributed by atoms with Crippen molar-refractivity contribution in [2.24, 2.45) is 4.99 Å². The molecule has 1 aromatic carbocycles. The van der Waals surface area contributed by atoms with E-state index < -0.39 is 0 Å². The molecule has 0 aliphatic carbocycles. The highest BCUT2D eigenvalue weighted by Gasteiger charge is 2.21. The summed E-state index contributed by atoms with van der Waals surface area (Å²) >= 11 is 0. The molecule has 0 unspecified atom stereocenters. The zero-order valence-electron chi connectivity index (χ0n) is 18.8. The van der Waals surface area contributed by atoms with Gasteiger partial charge in [0.05, 0.1) is 26.9 Å². The number of hydrogen-bond acceptors (Lipinski definition) is 6. The van der Waals surface area contributed by atoms with Crippen molar-refractivity contribution >= 4 is 5.96 Å². The third-order valence-corrected chi connectivity index (χ3v) is 5.00. The van der Waals surface area contributed by atoms with Crippen molar-refractivity contribution in [3.05, 3.63) is 18.2 Å². The summed E-state index contributed by atoms with van der Waals surface area (Å²) in [7, 11) is 6.81. The molecule has 0 saturated carbocycles. The molecule has 0 atom stereocenters. The van der Waals surface area contributed by atoms with E-state index in [9.17, 15) is 0 Å². The number of likely N-dealkylation sites (tertiary alicyclic amines) is 1. The Labute approximate surface area is 180 Å². The number of hydrogen-bond donors (Lipinski definition) is 1. The highest BCUT2D eigenvalue weighted by atomic mass is 16.5. The number of methoxy groups -OCH3 is 3. The van der Waals surface area contributed by atoms with Crippen LogP contribution in [0, 0.1) is 0 Å². The SMILES string of the molecule is CN=C(NCCCOc1cc(OC)cc(OC)c1)N1CCC(OCCCOC)CC1. The Morgan fingerprint density at radius 3 is 2.23 bits per heavy atom. The van der Waals surface area contributed by atoms with E-state index in [-0.39, 0.29) is 0 Å². The second-order valence-corrected chi connectivity index (χ2v) is 7.13.